The summed E-state index contributed by atoms with van der Waals surface area (Å²) in [6, 6.07) is 2.02. The lowest BCUT2D eigenvalue weighted by atomic mass is 10.1. The molecule has 0 bridgehead atoms. The van der Waals surface area contributed by atoms with Gasteiger partial charge in [-0.05, 0) is 24.0 Å². The van der Waals surface area contributed by atoms with E-state index in [2.05, 4.69) is 4.37 Å². The Balaban J connectivity index is 2.12. The van der Waals surface area contributed by atoms with E-state index in [-0.39, 0.29) is 12.0 Å². The molecular weight excluding hydrogens is 172 g/mol. The third kappa shape index (κ3) is 1.07. The molecule has 2 unspecified atom stereocenters. The van der Waals surface area contributed by atoms with Gasteiger partial charge in [-0.25, -0.2) is 4.37 Å². The van der Waals surface area contributed by atoms with Gasteiger partial charge in [-0.1, -0.05) is 0 Å². The maximum atomic E-state index is 9.13. The molecule has 0 saturated heterocycles. The molecule has 3 N–H and O–H groups in total. The van der Waals surface area contributed by atoms with Crippen LogP contribution in [-0.4, -0.2) is 22.6 Å². The Morgan fingerprint density at radius 3 is 3.08 bits per heavy atom. The van der Waals surface area contributed by atoms with Crippen LogP contribution in [-0.2, 0) is 0 Å². The SMILES string of the molecule is NCC1(CO)CC1c1ccns1. The molecule has 2 atom stereocenters. The van der Waals surface area contributed by atoms with Crippen molar-refractivity contribution >= 4 is 11.5 Å². The van der Waals surface area contributed by atoms with E-state index < -0.39 is 0 Å². The predicted octanol–water partition coefficient (Wildman–Crippen LogP) is 0.568. The standard InChI is InChI=1S/C8H12N2OS/c9-4-8(5-11)3-6(8)7-1-2-10-12-7/h1-2,6,11H,3-5,9H2. The van der Waals surface area contributed by atoms with Gasteiger partial charge in [0.15, 0.2) is 0 Å². The monoisotopic (exact) mass is 184 g/mol. The molecule has 0 amide bonds. The summed E-state index contributed by atoms with van der Waals surface area (Å²) in [6.45, 7) is 0.776. The van der Waals surface area contributed by atoms with Crippen LogP contribution in [0.25, 0.3) is 0 Å². The van der Waals surface area contributed by atoms with Gasteiger partial charge in [-0.3, -0.25) is 0 Å². The molecule has 3 nitrogen and oxygen atoms in total. The molecule has 1 aliphatic carbocycles. The van der Waals surface area contributed by atoms with E-state index in [1.54, 1.807) is 6.20 Å². The Hall–Kier alpha value is -0.450. The largest absolute Gasteiger partial charge is 0.396 e. The van der Waals surface area contributed by atoms with Gasteiger partial charge in [0.2, 0.25) is 0 Å². The molecular formula is C8H12N2OS. The summed E-state index contributed by atoms with van der Waals surface area (Å²) in [4.78, 5) is 1.26. The van der Waals surface area contributed by atoms with Gasteiger partial charge in [0.05, 0.1) is 6.61 Å². The van der Waals surface area contributed by atoms with Gasteiger partial charge in [0, 0.05) is 29.0 Å². The summed E-state index contributed by atoms with van der Waals surface area (Å²) in [6.07, 6.45) is 2.82. The number of aliphatic hydroxyl groups is 1. The number of aromatic nitrogens is 1. The molecule has 1 saturated carbocycles. The third-order valence-corrected chi connectivity index (χ3v) is 3.57. The molecule has 12 heavy (non-hydrogen) atoms. The highest BCUT2D eigenvalue weighted by Crippen LogP contribution is 2.58. The van der Waals surface area contributed by atoms with Crippen molar-refractivity contribution in [2.75, 3.05) is 13.2 Å². The minimum atomic E-state index is -0.0213. The molecule has 0 spiro atoms. The Labute approximate surface area is 75.4 Å². The molecule has 1 fully saturated rings. The molecule has 0 aromatic carbocycles. The van der Waals surface area contributed by atoms with Crippen molar-refractivity contribution in [2.45, 2.75) is 12.3 Å². The molecule has 2 rings (SSSR count). The van der Waals surface area contributed by atoms with E-state index in [0.717, 1.165) is 6.42 Å². The fourth-order valence-corrected chi connectivity index (χ4v) is 2.45. The lowest BCUT2D eigenvalue weighted by Gasteiger charge is -2.08. The fourth-order valence-electron chi connectivity index (χ4n) is 1.62. The Morgan fingerprint density at radius 2 is 2.67 bits per heavy atom. The van der Waals surface area contributed by atoms with Crippen LogP contribution in [0.1, 0.15) is 17.2 Å². The van der Waals surface area contributed by atoms with E-state index in [4.69, 9.17) is 10.8 Å². The van der Waals surface area contributed by atoms with Crippen molar-refractivity contribution in [3.8, 4) is 0 Å². The first-order valence-corrected chi connectivity index (χ1v) is 4.81. The van der Waals surface area contributed by atoms with Crippen LogP contribution < -0.4 is 5.73 Å². The van der Waals surface area contributed by atoms with E-state index in [1.165, 1.54) is 16.4 Å². The van der Waals surface area contributed by atoms with Crippen LogP contribution in [0.4, 0.5) is 0 Å². The number of rotatable bonds is 3. The van der Waals surface area contributed by atoms with Crippen molar-refractivity contribution < 1.29 is 5.11 Å². The lowest BCUT2D eigenvalue weighted by molar-refractivity contribution is 0.212. The minimum absolute atomic E-state index is 0.0213. The Morgan fingerprint density at radius 1 is 1.83 bits per heavy atom. The maximum Gasteiger partial charge on any atom is 0.0505 e. The fraction of sp³-hybridized carbons (Fsp3) is 0.625. The normalized spacial score (nSPS) is 33.7. The van der Waals surface area contributed by atoms with E-state index in [0.29, 0.717) is 12.5 Å². The lowest BCUT2D eigenvalue weighted by Crippen LogP contribution is -2.21. The third-order valence-electron chi connectivity index (χ3n) is 2.71. The average molecular weight is 184 g/mol. The Bertz CT molecular complexity index is 256. The van der Waals surface area contributed by atoms with Crippen molar-refractivity contribution in [1.29, 1.82) is 0 Å². The highest BCUT2D eigenvalue weighted by molar-refractivity contribution is 7.05. The van der Waals surface area contributed by atoms with Crippen molar-refractivity contribution in [3.05, 3.63) is 17.1 Å². The molecule has 4 heteroatoms. The second-order valence-corrected chi connectivity index (χ2v) is 4.26. The summed E-state index contributed by atoms with van der Waals surface area (Å²) in [7, 11) is 0. The summed E-state index contributed by atoms with van der Waals surface area (Å²) >= 11 is 1.51. The van der Waals surface area contributed by atoms with Gasteiger partial charge in [0.1, 0.15) is 0 Å². The first kappa shape index (κ1) is 8.16. The number of nitrogens with zero attached hydrogens (tertiary/aromatic N) is 1. The summed E-state index contributed by atoms with van der Waals surface area (Å²) in [5.41, 5.74) is 5.58. The van der Waals surface area contributed by atoms with Crippen LogP contribution in [0.3, 0.4) is 0 Å². The summed E-state index contributed by atoms with van der Waals surface area (Å²) in [5.74, 6) is 0.458. The van der Waals surface area contributed by atoms with Crippen LogP contribution in [0.5, 0.6) is 0 Å². The molecule has 1 aromatic heterocycles. The molecule has 1 aromatic rings. The number of nitrogens with two attached hydrogens (primary N) is 1. The molecule has 66 valence electrons. The number of aliphatic hydroxyl groups excluding tert-OH is 1. The van der Waals surface area contributed by atoms with Crippen molar-refractivity contribution in [1.82, 2.24) is 4.37 Å². The first-order valence-electron chi connectivity index (χ1n) is 4.04. The predicted molar refractivity (Wildman–Crippen MR) is 48.0 cm³/mol. The van der Waals surface area contributed by atoms with Gasteiger partial charge in [-0.2, -0.15) is 0 Å². The quantitative estimate of drug-likeness (QED) is 0.722. The molecule has 0 radical (unpaired) electrons. The smallest absolute Gasteiger partial charge is 0.0505 e. The molecule has 1 heterocycles. The van der Waals surface area contributed by atoms with Gasteiger partial charge in [0.25, 0.3) is 0 Å². The van der Waals surface area contributed by atoms with Crippen LogP contribution in [0.2, 0.25) is 0 Å². The van der Waals surface area contributed by atoms with Gasteiger partial charge < -0.3 is 10.8 Å². The highest BCUT2D eigenvalue weighted by Gasteiger charge is 2.53. The second kappa shape index (κ2) is 2.80. The van der Waals surface area contributed by atoms with Gasteiger partial charge >= 0.3 is 0 Å². The Kier molecular flexibility index (Phi) is 1.90. The van der Waals surface area contributed by atoms with Crippen LogP contribution in [0.15, 0.2) is 12.3 Å². The molecule has 1 aliphatic rings. The minimum Gasteiger partial charge on any atom is -0.396 e. The summed E-state index contributed by atoms with van der Waals surface area (Å²) in [5, 5.41) is 9.13. The van der Waals surface area contributed by atoms with Crippen LogP contribution >= 0.6 is 11.5 Å². The second-order valence-electron chi connectivity index (χ2n) is 3.40. The highest BCUT2D eigenvalue weighted by atomic mass is 32.1. The number of hydrogen-bond donors (Lipinski definition) is 2. The van der Waals surface area contributed by atoms with E-state index in [1.807, 2.05) is 6.07 Å². The number of hydrogen-bond acceptors (Lipinski definition) is 4. The summed E-state index contributed by atoms with van der Waals surface area (Å²) < 4.78 is 4.04. The van der Waals surface area contributed by atoms with E-state index >= 15 is 0 Å². The van der Waals surface area contributed by atoms with Gasteiger partial charge in [-0.15, -0.1) is 0 Å². The maximum absolute atomic E-state index is 9.13. The van der Waals surface area contributed by atoms with Crippen molar-refractivity contribution in [2.24, 2.45) is 11.1 Å². The zero-order valence-electron chi connectivity index (χ0n) is 6.73. The van der Waals surface area contributed by atoms with Crippen LogP contribution in [0, 0.1) is 5.41 Å². The average Bonchev–Trinajstić information content (AvgIpc) is 2.59. The van der Waals surface area contributed by atoms with E-state index in [9.17, 15) is 0 Å². The van der Waals surface area contributed by atoms with Crippen molar-refractivity contribution in [3.63, 3.8) is 0 Å². The zero-order valence-corrected chi connectivity index (χ0v) is 7.55. The topological polar surface area (TPSA) is 59.1 Å². The zero-order chi connectivity index (χ0) is 8.60. The first-order chi connectivity index (χ1) is 5.82. The molecule has 0 aliphatic heterocycles.